The highest BCUT2D eigenvalue weighted by Gasteiger charge is 2.50. The molecule has 0 N–H and O–H groups in total. The summed E-state index contributed by atoms with van der Waals surface area (Å²) >= 11 is 0. The molecule has 10 aromatic carbocycles. The van der Waals surface area contributed by atoms with Crippen LogP contribution in [-0.2, 0) is 5.41 Å². The Kier molecular flexibility index (Phi) is 7.61. The first kappa shape index (κ1) is 36.0. The topological polar surface area (TPSA) is 38.7 Å². The number of pyridine rings is 1. The van der Waals surface area contributed by atoms with Crippen LogP contribution in [0.15, 0.2) is 225 Å². The molecule has 2 heterocycles. The van der Waals surface area contributed by atoms with Crippen molar-refractivity contribution in [2.45, 2.75) is 5.41 Å². The average molecular weight is 824 g/mol. The Hall–Kier alpha value is -8.53. The third-order valence-electron chi connectivity index (χ3n) is 14.1. The van der Waals surface area contributed by atoms with Crippen LogP contribution in [0.2, 0.25) is 0 Å². The fourth-order valence-electron chi connectivity index (χ4n) is 11.4. The van der Waals surface area contributed by atoms with Crippen LogP contribution in [0.3, 0.4) is 0 Å². The van der Waals surface area contributed by atoms with E-state index in [0.717, 1.165) is 39.2 Å². The van der Waals surface area contributed by atoms with Crippen molar-refractivity contribution < 1.29 is 0 Å². The maximum Gasteiger partial charge on any atom is 0.160 e. The number of aromatic nitrogens is 3. The first-order valence-electron chi connectivity index (χ1n) is 22.3. The van der Waals surface area contributed by atoms with E-state index in [1.54, 1.807) is 0 Å². The van der Waals surface area contributed by atoms with Gasteiger partial charge in [-0.25, -0.2) is 9.97 Å². The maximum atomic E-state index is 5.44. The summed E-state index contributed by atoms with van der Waals surface area (Å²) < 4.78 is 0. The summed E-state index contributed by atoms with van der Waals surface area (Å²) in [5, 5.41) is 7.75. The molecule has 0 aliphatic heterocycles. The van der Waals surface area contributed by atoms with Gasteiger partial charge < -0.3 is 0 Å². The second-order valence-corrected chi connectivity index (χ2v) is 17.4. The molecule has 0 radical (unpaired) electrons. The Balaban J connectivity index is 1.07. The zero-order chi connectivity index (χ0) is 42.6. The first-order chi connectivity index (χ1) is 32.2. The molecule has 0 saturated carbocycles. The van der Waals surface area contributed by atoms with Crippen molar-refractivity contribution in [1.82, 2.24) is 15.0 Å². The summed E-state index contributed by atoms with van der Waals surface area (Å²) in [6.07, 6.45) is 3.71. The van der Waals surface area contributed by atoms with E-state index < -0.39 is 5.41 Å². The minimum atomic E-state index is -0.681. The van der Waals surface area contributed by atoms with Gasteiger partial charge in [0.15, 0.2) is 5.82 Å². The molecule has 0 amide bonds. The molecule has 1 atom stereocenters. The van der Waals surface area contributed by atoms with Crippen LogP contribution in [0.1, 0.15) is 22.3 Å². The molecule has 0 fully saturated rings. The molecule has 3 nitrogen and oxygen atoms in total. The van der Waals surface area contributed by atoms with E-state index in [2.05, 4.69) is 211 Å². The minimum Gasteiger partial charge on any atom is -0.264 e. The van der Waals surface area contributed by atoms with Gasteiger partial charge in [-0.05, 0) is 123 Å². The summed E-state index contributed by atoms with van der Waals surface area (Å²) in [4.78, 5) is 15.2. The van der Waals surface area contributed by atoms with Gasteiger partial charge in [-0.15, -0.1) is 0 Å². The molecular formula is C62H37N3. The highest BCUT2D eigenvalue weighted by Crippen LogP contribution is 2.63. The molecular weight excluding hydrogens is 787 g/mol. The van der Waals surface area contributed by atoms with Crippen molar-refractivity contribution in [3.63, 3.8) is 0 Å². The van der Waals surface area contributed by atoms with Gasteiger partial charge in [0.2, 0.25) is 0 Å². The predicted molar refractivity (Wildman–Crippen MR) is 267 cm³/mol. The Morgan fingerprint density at radius 1 is 0.323 bits per heavy atom. The Bertz CT molecular complexity index is 3860. The lowest BCUT2D eigenvalue weighted by atomic mass is 9.65. The zero-order valence-electron chi connectivity index (χ0n) is 35.2. The molecule has 3 heteroatoms. The normalized spacial score (nSPS) is 14.5. The summed E-state index contributed by atoms with van der Waals surface area (Å²) in [6, 6.07) is 78.0. The lowest BCUT2D eigenvalue weighted by Gasteiger charge is -2.36. The van der Waals surface area contributed by atoms with E-state index in [1.807, 2.05) is 18.5 Å². The van der Waals surface area contributed by atoms with Crippen molar-refractivity contribution >= 4 is 32.3 Å². The van der Waals surface area contributed by atoms with Crippen molar-refractivity contribution in [1.29, 1.82) is 0 Å². The maximum absolute atomic E-state index is 5.44. The molecule has 1 unspecified atom stereocenters. The van der Waals surface area contributed by atoms with Crippen LogP contribution in [0.25, 0.3) is 111 Å². The molecule has 14 rings (SSSR count). The summed E-state index contributed by atoms with van der Waals surface area (Å²) in [7, 11) is 0. The third-order valence-corrected chi connectivity index (χ3v) is 14.1. The average Bonchev–Trinajstić information content (AvgIpc) is 3.63. The van der Waals surface area contributed by atoms with E-state index in [1.165, 1.54) is 88.0 Å². The molecule has 0 bridgehead atoms. The summed E-state index contributed by atoms with van der Waals surface area (Å²) in [6.45, 7) is 0. The lowest BCUT2D eigenvalue weighted by Crippen LogP contribution is -2.29. The Morgan fingerprint density at radius 2 is 0.908 bits per heavy atom. The van der Waals surface area contributed by atoms with Gasteiger partial charge in [-0.2, -0.15) is 0 Å². The van der Waals surface area contributed by atoms with Crippen LogP contribution in [-0.4, -0.2) is 15.0 Å². The highest BCUT2D eigenvalue weighted by molar-refractivity contribution is 6.27. The number of hydrogen-bond donors (Lipinski definition) is 0. The predicted octanol–water partition coefficient (Wildman–Crippen LogP) is 15.4. The second-order valence-electron chi connectivity index (χ2n) is 17.4. The van der Waals surface area contributed by atoms with Crippen LogP contribution in [0.5, 0.6) is 0 Å². The van der Waals surface area contributed by atoms with Gasteiger partial charge in [0.25, 0.3) is 0 Å². The summed E-state index contributed by atoms with van der Waals surface area (Å²) in [5.74, 6) is 0.684. The van der Waals surface area contributed by atoms with Gasteiger partial charge >= 0.3 is 0 Å². The number of rotatable bonds is 4. The third kappa shape index (κ3) is 5.15. The Labute approximate surface area is 376 Å². The fraction of sp³-hybridized carbons (Fsp3) is 0.0161. The second kappa shape index (κ2) is 13.7. The molecule has 2 aliphatic rings. The molecule has 0 saturated heterocycles. The standard InChI is InChI=1S/C62H37N3/c1-2-12-39(13-3-1)56-36-57(40-25-23-38(24-26-40)45-16-11-33-63-37-45)65-61(64-56)44-30-31-49-47-18-5-4-17-46(47)48-19-6-8-21-52(48)62(54(49)35-44)53-22-9-7-20-50(53)60-51-32-29-42-15-10-14-41-27-28-43(34-55(60)62)59(51)58(41)42/h1-37H. The van der Waals surface area contributed by atoms with Gasteiger partial charge in [0.05, 0.1) is 16.8 Å². The van der Waals surface area contributed by atoms with Gasteiger partial charge in [-0.1, -0.05) is 188 Å². The molecule has 2 aliphatic carbocycles. The van der Waals surface area contributed by atoms with E-state index in [0.29, 0.717) is 5.82 Å². The number of fused-ring (bicyclic) bond motifs is 13. The van der Waals surface area contributed by atoms with Crippen LogP contribution in [0.4, 0.5) is 0 Å². The largest absolute Gasteiger partial charge is 0.264 e. The van der Waals surface area contributed by atoms with Crippen LogP contribution < -0.4 is 0 Å². The van der Waals surface area contributed by atoms with Crippen molar-refractivity contribution in [2.24, 2.45) is 0 Å². The van der Waals surface area contributed by atoms with Gasteiger partial charge in [-0.3, -0.25) is 4.98 Å². The van der Waals surface area contributed by atoms with Crippen LogP contribution in [0, 0.1) is 0 Å². The minimum absolute atomic E-state index is 0.681. The molecule has 300 valence electrons. The van der Waals surface area contributed by atoms with Gasteiger partial charge in [0.1, 0.15) is 0 Å². The monoisotopic (exact) mass is 823 g/mol. The quantitative estimate of drug-likeness (QED) is 0.166. The molecule has 2 aromatic heterocycles. The summed E-state index contributed by atoms with van der Waals surface area (Å²) in [5.41, 5.74) is 18.9. The fourth-order valence-corrected chi connectivity index (χ4v) is 11.4. The van der Waals surface area contributed by atoms with E-state index in [9.17, 15) is 0 Å². The highest BCUT2D eigenvalue weighted by atomic mass is 14.9. The smallest absolute Gasteiger partial charge is 0.160 e. The Morgan fingerprint density at radius 3 is 1.65 bits per heavy atom. The molecule has 1 spiro atoms. The van der Waals surface area contributed by atoms with E-state index in [-0.39, 0.29) is 0 Å². The SMILES string of the molecule is c1ccc(-c2cc(-c3ccc(-c4cccnc4)cc3)nc(-c3ccc4c(c3)C3(c5ccccc5-c5ccccc5-4)c4ccccc4-c4c3cc3ccc5cccc6ccc4c3c56)n2)cc1. The molecule has 65 heavy (non-hydrogen) atoms. The van der Waals surface area contributed by atoms with E-state index in [4.69, 9.17) is 9.97 Å². The number of hydrogen-bond acceptors (Lipinski definition) is 3. The first-order valence-corrected chi connectivity index (χ1v) is 22.3. The lowest BCUT2D eigenvalue weighted by molar-refractivity contribution is 0.777. The molecule has 12 aromatic rings. The van der Waals surface area contributed by atoms with Gasteiger partial charge in [0, 0.05) is 29.1 Å². The van der Waals surface area contributed by atoms with Crippen LogP contribution >= 0.6 is 0 Å². The van der Waals surface area contributed by atoms with Crippen molar-refractivity contribution in [3.05, 3.63) is 247 Å². The van der Waals surface area contributed by atoms with Crippen molar-refractivity contribution in [3.8, 4) is 78.4 Å². The number of benzene rings is 10. The zero-order valence-corrected chi connectivity index (χ0v) is 35.2. The number of nitrogens with zero attached hydrogens (tertiary/aromatic N) is 3. The van der Waals surface area contributed by atoms with E-state index >= 15 is 0 Å². The van der Waals surface area contributed by atoms with Crippen molar-refractivity contribution in [2.75, 3.05) is 0 Å².